The molecule has 2 rings (SSSR count). The first kappa shape index (κ1) is 12.4. The minimum absolute atomic E-state index is 0.149. The second kappa shape index (κ2) is 5.04. The number of nitrogens with one attached hydrogen (secondary N) is 2. The van der Waals surface area contributed by atoms with Gasteiger partial charge in [-0.15, -0.1) is 0 Å². The van der Waals surface area contributed by atoms with Gasteiger partial charge in [0.25, 0.3) is 5.91 Å². The predicted molar refractivity (Wildman–Crippen MR) is 69.5 cm³/mol. The third-order valence-corrected chi connectivity index (χ3v) is 4.28. The Labute approximate surface area is 108 Å². The van der Waals surface area contributed by atoms with Crippen LogP contribution < -0.4 is 10.9 Å². The number of carbonyl (C=O) groups excluding carboxylic acids is 1. The Balaban J connectivity index is 2.13. The third kappa shape index (κ3) is 2.77. The Hall–Kier alpha value is -1.10. The molecule has 17 heavy (non-hydrogen) atoms. The maximum Gasteiger partial charge on any atom is 0.268 e. The summed E-state index contributed by atoms with van der Waals surface area (Å²) >= 11 is 3.46. The molecule has 1 fully saturated rings. The normalized spacial score (nSPS) is 17.9. The van der Waals surface area contributed by atoms with Gasteiger partial charge in [0.2, 0.25) is 5.56 Å². The van der Waals surface area contributed by atoms with Gasteiger partial charge in [-0.3, -0.25) is 9.59 Å². The summed E-state index contributed by atoms with van der Waals surface area (Å²) in [5.74, 6) is -0.205. The first-order chi connectivity index (χ1) is 8.15. The number of H-pyrrole nitrogens is 1. The molecule has 0 bridgehead atoms. The molecule has 0 aliphatic heterocycles. The number of amides is 1. The zero-order valence-electron chi connectivity index (χ0n) is 9.46. The molecule has 1 aliphatic carbocycles. The average Bonchev–Trinajstić information content (AvgIpc) is 2.78. The van der Waals surface area contributed by atoms with Gasteiger partial charge in [0.15, 0.2) is 0 Å². The standard InChI is InChI=1S/C12H15BrN2O2/c13-8-12(6-1-2-7-12)15-11(17)9-4-3-5-10(16)14-9/h3-5H,1-2,6-8H2,(H,14,16)(H,15,17). The lowest BCUT2D eigenvalue weighted by Gasteiger charge is -2.27. The first-order valence-electron chi connectivity index (χ1n) is 5.73. The Morgan fingerprint density at radius 2 is 2.12 bits per heavy atom. The summed E-state index contributed by atoms with van der Waals surface area (Å²) in [5, 5.41) is 3.78. The van der Waals surface area contributed by atoms with E-state index in [1.165, 1.54) is 6.07 Å². The van der Waals surface area contributed by atoms with E-state index in [-0.39, 0.29) is 17.0 Å². The average molecular weight is 299 g/mol. The van der Waals surface area contributed by atoms with Crippen LogP contribution in [0.1, 0.15) is 36.2 Å². The van der Waals surface area contributed by atoms with Gasteiger partial charge in [-0.05, 0) is 18.9 Å². The van der Waals surface area contributed by atoms with Crippen LogP contribution in [0.3, 0.4) is 0 Å². The van der Waals surface area contributed by atoms with Crippen LogP contribution in [0.2, 0.25) is 0 Å². The lowest BCUT2D eigenvalue weighted by atomic mass is 10.0. The van der Waals surface area contributed by atoms with Crippen molar-refractivity contribution in [2.75, 3.05) is 5.33 Å². The summed E-state index contributed by atoms with van der Waals surface area (Å²) < 4.78 is 0. The summed E-state index contributed by atoms with van der Waals surface area (Å²) in [7, 11) is 0. The van der Waals surface area contributed by atoms with Gasteiger partial charge in [0, 0.05) is 11.4 Å². The molecule has 1 amide bonds. The molecule has 1 aromatic rings. The summed E-state index contributed by atoms with van der Waals surface area (Å²) in [6.07, 6.45) is 4.25. The van der Waals surface area contributed by atoms with Crippen molar-refractivity contribution < 1.29 is 4.79 Å². The van der Waals surface area contributed by atoms with Crippen LogP contribution in [-0.2, 0) is 0 Å². The summed E-state index contributed by atoms with van der Waals surface area (Å²) in [5.41, 5.74) is -0.0780. The van der Waals surface area contributed by atoms with Gasteiger partial charge >= 0.3 is 0 Å². The van der Waals surface area contributed by atoms with E-state index in [2.05, 4.69) is 26.2 Å². The van der Waals surface area contributed by atoms with Crippen LogP contribution in [0, 0.1) is 0 Å². The zero-order chi connectivity index (χ0) is 12.3. The summed E-state index contributed by atoms with van der Waals surface area (Å²) in [4.78, 5) is 25.7. The van der Waals surface area contributed by atoms with E-state index in [0.717, 1.165) is 31.0 Å². The molecule has 0 atom stereocenters. The van der Waals surface area contributed by atoms with E-state index in [4.69, 9.17) is 0 Å². The number of aromatic amines is 1. The number of rotatable bonds is 3. The minimum atomic E-state index is -0.253. The topological polar surface area (TPSA) is 62.0 Å². The monoisotopic (exact) mass is 298 g/mol. The molecule has 4 nitrogen and oxygen atoms in total. The lowest BCUT2D eigenvalue weighted by molar-refractivity contribution is 0.0905. The highest BCUT2D eigenvalue weighted by molar-refractivity contribution is 9.09. The number of hydrogen-bond donors (Lipinski definition) is 2. The fraction of sp³-hybridized carbons (Fsp3) is 0.500. The van der Waals surface area contributed by atoms with Crippen molar-refractivity contribution in [1.82, 2.24) is 10.3 Å². The second-order valence-corrected chi connectivity index (χ2v) is 5.06. The number of aromatic nitrogens is 1. The predicted octanol–water partition coefficient (Wildman–Crippen LogP) is 1.81. The molecule has 1 aromatic heterocycles. The van der Waals surface area contributed by atoms with Crippen molar-refractivity contribution in [1.29, 1.82) is 0 Å². The lowest BCUT2D eigenvalue weighted by Crippen LogP contribution is -2.48. The molecule has 2 N–H and O–H groups in total. The van der Waals surface area contributed by atoms with Crippen molar-refractivity contribution in [2.45, 2.75) is 31.2 Å². The largest absolute Gasteiger partial charge is 0.344 e. The number of pyridine rings is 1. The van der Waals surface area contributed by atoms with E-state index in [1.807, 2.05) is 0 Å². The molecule has 0 saturated heterocycles. The molecule has 92 valence electrons. The van der Waals surface area contributed by atoms with E-state index in [0.29, 0.717) is 5.69 Å². The molecule has 0 aromatic carbocycles. The van der Waals surface area contributed by atoms with Crippen molar-refractivity contribution in [3.8, 4) is 0 Å². The number of alkyl halides is 1. The van der Waals surface area contributed by atoms with Crippen molar-refractivity contribution in [3.05, 3.63) is 34.2 Å². The fourth-order valence-corrected chi connectivity index (χ4v) is 2.93. The highest BCUT2D eigenvalue weighted by atomic mass is 79.9. The molecular weight excluding hydrogens is 284 g/mol. The zero-order valence-corrected chi connectivity index (χ0v) is 11.0. The quantitative estimate of drug-likeness (QED) is 0.836. The highest BCUT2D eigenvalue weighted by Gasteiger charge is 2.34. The fourth-order valence-electron chi connectivity index (χ4n) is 2.23. The molecule has 1 aliphatic rings. The Morgan fingerprint density at radius 3 is 2.71 bits per heavy atom. The van der Waals surface area contributed by atoms with E-state index in [1.54, 1.807) is 12.1 Å². The minimum Gasteiger partial charge on any atom is -0.344 e. The maximum absolute atomic E-state index is 12.0. The Morgan fingerprint density at radius 1 is 1.41 bits per heavy atom. The molecule has 0 unspecified atom stereocenters. The highest BCUT2D eigenvalue weighted by Crippen LogP contribution is 2.31. The van der Waals surface area contributed by atoms with Gasteiger partial charge in [-0.2, -0.15) is 0 Å². The molecule has 0 spiro atoms. The second-order valence-electron chi connectivity index (χ2n) is 4.50. The summed E-state index contributed by atoms with van der Waals surface area (Å²) in [6.45, 7) is 0. The van der Waals surface area contributed by atoms with Gasteiger partial charge in [0.1, 0.15) is 5.69 Å². The van der Waals surface area contributed by atoms with Crippen LogP contribution in [0.25, 0.3) is 0 Å². The SMILES string of the molecule is O=C(NC1(CBr)CCCC1)c1cccc(=O)[nH]1. The number of carbonyl (C=O) groups is 1. The molecular formula is C12H15BrN2O2. The molecule has 1 saturated carbocycles. The molecule has 1 heterocycles. The van der Waals surface area contributed by atoms with Gasteiger partial charge < -0.3 is 10.3 Å². The Bertz CT molecular complexity index is 464. The molecule has 0 radical (unpaired) electrons. The third-order valence-electron chi connectivity index (χ3n) is 3.21. The van der Waals surface area contributed by atoms with E-state index >= 15 is 0 Å². The first-order valence-corrected chi connectivity index (χ1v) is 6.85. The van der Waals surface area contributed by atoms with Crippen LogP contribution in [0.5, 0.6) is 0 Å². The molecule has 5 heteroatoms. The van der Waals surface area contributed by atoms with Gasteiger partial charge in [-0.1, -0.05) is 34.8 Å². The van der Waals surface area contributed by atoms with Crippen molar-refractivity contribution in [2.24, 2.45) is 0 Å². The Kier molecular flexibility index (Phi) is 3.66. The smallest absolute Gasteiger partial charge is 0.268 e. The van der Waals surface area contributed by atoms with E-state index < -0.39 is 0 Å². The van der Waals surface area contributed by atoms with Crippen LogP contribution >= 0.6 is 15.9 Å². The van der Waals surface area contributed by atoms with Gasteiger partial charge in [-0.25, -0.2) is 0 Å². The summed E-state index contributed by atoms with van der Waals surface area (Å²) in [6, 6.07) is 4.60. The maximum atomic E-state index is 12.0. The van der Waals surface area contributed by atoms with Gasteiger partial charge in [0.05, 0.1) is 5.54 Å². The van der Waals surface area contributed by atoms with Crippen molar-refractivity contribution >= 4 is 21.8 Å². The number of hydrogen-bond acceptors (Lipinski definition) is 2. The van der Waals surface area contributed by atoms with E-state index in [9.17, 15) is 9.59 Å². The van der Waals surface area contributed by atoms with Crippen molar-refractivity contribution in [3.63, 3.8) is 0 Å². The number of halogens is 1. The van der Waals surface area contributed by atoms with Crippen LogP contribution in [-0.4, -0.2) is 21.8 Å². The van der Waals surface area contributed by atoms with Crippen LogP contribution in [0.15, 0.2) is 23.0 Å². The van der Waals surface area contributed by atoms with Crippen LogP contribution in [0.4, 0.5) is 0 Å².